The maximum absolute atomic E-state index is 12.2. The van der Waals surface area contributed by atoms with Gasteiger partial charge in [-0.05, 0) is 30.7 Å². The summed E-state index contributed by atoms with van der Waals surface area (Å²) in [5.41, 5.74) is 2.52. The van der Waals surface area contributed by atoms with E-state index in [9.17, 15) is 13.2 Å². The van der Waals surface area contributed by atoms with Gasteiger partial charge in [-0.15, -0.1) is 0 Å². The van der Waals surface area contributed by atoms with Crippen LogP contribution in [0.4, 0.5) is 5.95 Å². The minimum atomic E-state index is -3.61. The Morgan fingerprint density at radius 2 is 1.82 bits per heavy atom. The van der Waals surface area contributed by atoms with Crippen molar-refractivity contribution >= 4 is 39.0 Å². The third-order valence-electron chi connectivity index (χ3n) is 4.12. The number of aromatic nitrogens is 2. The molecule has 0 radical (unpaired) electrons. The zero-order chi connectivity index (χ0) is 20.0. The third kappa shape index (κ3) is 5.05. The van der Waals surface area contributed by atoms with Crippen LogP contribution in [0.25, 0.3) is 17.1 Å². The number of amides is 1. The number of imidazole rings is 1. The summed E-state index contributed by atoms with van der Waals surface area (Å²) in [5.74, 6) is 0.153. The topological polar surface area (TPSA) is 93.1 Å². The largest absolute Gasteiger partial charge is 0.310 e. The highest BCUT2D eigenvalue weighted by Crippen LogP contribution is 2.19. The van der Waals surface area contributed by atoms with E-state index in [2.05, 4.69) is 15.0 Å². The second kappa shape index (κ2) is 8.81. The van der Waals surface area contributed by atoms with Gasteiger partial charge in [0.05, 0.1) is 11.0 Å². The summed E-state index contributed by atoms with van der Waals surface area (Å²) in [6.45, 7) is 2.63. The number of benzene rings is 2. The molecule has 0 bridgehead atoms. The van der Waals surface area contributed by atoms with Gasteiger partial charge in [-0.3, -0.25) is 10.1 Å². The summed E-state index contributed by atoms with van der Waals surface area (Å²) in [6.07, 6.45) is 1.51. The molecule has 3 rings (SSSR count). The molecule has 0 fully saturated rings. The number of carbonyl (C=O) groups is 1. The molecule has 1 aromatic heterocycles. The fraction of sp³-hybridized carbons (Fsp3) is 0.200. The van der Waals surface area contributed by atoms with Crippen LogP contribution < -0.4 is 10.0 Å². The van der Waals surface area contributed by atoms with Crippen LogP contribution in [0.15, 0.2) is 60.0 Å². The Morgan fingerprint density at radius 3 is 2.57 bits per heavy atom. The first-order valence-electron chi connectivity index (χ1n) is 8.96. The smallest absolute Gasteiger partial charge is 0.233 e. The quantitative estimate of drug-likeness (QED) is 0.610. The predicted octanol–water partition coefficient (Wildman–Crippen LogP) is 2.98. The van der Waals surface area contributed by atoms with Crippen LogP contribution in [0.5, 0.6) is 0 Å². The van der Waals surface area contributed by atoms with Crippen LogP contribution in [0.1, 0.15) is 18.9 Å². The molecule has 0 atom stereocenters. The molecule has 0 saturated carbocycles. The lowest BCUT2D eigenvalue weighted by Gasteiger charge is -2.08. The van der Waals surface area contributed by atoms with Crippen molar-refractivity contribution in [2.75, 3.05) is 11.9 Å². The molecule has 0 aliphatic heterocycles. The van der Waals surface area contributed by atoms with Crippen molar-refractivity contribution in [2.24, 2.45) is 0 Å². The maximum Gasteiger partial charge on any atom is 0.233 e. The van der Waals surface area contributed by atoms with E-state index in [0.29, 0.717) is 12.5 Å². The first kappa shape index (κ1) is 19.8. The minimum absolute atomic E-state index is 0.000347. The van der Waals surface area contributed by atoms with Gasteiger partial charge < -0.3 is 4.57 Å². The monoisotopic (exact) mass is 398 g/mol. The Balaban J connectivity index is 1.55. The Labute approximate surface area is 164 Å². The number of sulfonamides is 1. The molecule has 146 valence electrons. The number of hydrogen-bond acceptors (Lipinski definition) is 4. The molecule has 0 aliphatic carbocycles. The lowest BCUT2D eigenvalue weighted by molar-refractivity contribution is -0.116. The maximum atomic E-state index is 12.2. The highest BCUT2D eigenvalue weighted by molar-refractivity contribution is 7.92. The third-order valence-corrected chi connectivity index (χ3v) is 5.22. The summed E-state index contributed by atoms with van der Waals surface area (Å²) in [6, 6.07) is 16.7. The van der Waals surface area contributed by atoms with Crippen LogP contribution >= 0.6 is 0 Å². The lowest BCUT2D eigenvalue weighted by atomic mass is 10.2. The Kier molecular flexibility index (Phi) is 6.23. The highest BCUT2D eigenvalue weighted by Gasteiger charge is 2.13. The van der Waals surface area contributed by atoms with Gasteiger partial charge in [0.15, 0.2) is 0 Å². The number of rotatable bonds is 8. The highest BCUT2D eigenvalue weighted by atomic mass is 32.2. The number of anilines is 1. The number of nitrogens with one attached hydrogen (secondary N) is 2. The molecular formula is C20H22N4O3S. The molecule has 2 N–H and O–H groups in total. The van der Waals surface area contributed by atoms with E-state index >= 15 is 0 Å². The molecular weight excluding hydrogens is 376 g/mol. The normalized spacial score (nSPS) is 11.9. The number of aryl methyl sites for hydroxylation is 1. The number of carbonyl (C=O) groups excluding carboxylic acids is 1. The molecule has 28 heavy (non-hydrogen) atoms. The molecule has 0 unspecified atom stereocenters. The predicted molar refractivity (Wildman–Crippen MR) is 111 cm³/mol. The van der Waals surface area contributed by atoms with Crippen LogP contribution in [0, 0.1) is 0 Å². The zero-order valence-electron chi connectivity index (χ0n) is 15.5. The van der Waals surface area contributed by atoms with Gasteiger partial charge in [-0.25, -0.2) is 18.1 Å². The van der Waals surface area contributed by atoms with Crippen molar-refractivity contribution in [1.29, 1.82) is 0 Å². The Morgan fingerprint density at radius 1 is 1.11 bits per heavy atom. The van der Waals surface area contributed by atoms with Gasteiger partial charge in [0.2, 0.25) is 21.9 Å². The van der Waals surface area contributed by atoms with Gasteiger partial charge in [0.25, 0.3) is 0 Å². The number of fused-ring (bicyclic) bond motifs is 1. The van der Waals surface area contributed by atoms with Crippen molar-refractivity contribution in [3.63, 3.8) is 0 Å². The van der Waals surface area contributed by atoms with Crippen LogP contribution in [-0.4, -0.2) is 30.4 Å². The summed E-state index contributed by atoms with van der Waals surface area (Å²) in [7, 11) is -3.61. The Bertz CT molecular complexity index is 1090. The van der Waals surface area contributed by atoms with Gasteiger partial charge in [0, 0.05) is 24.9 Å². The lowest BCUT2D eigenvalue weighted by Crippen LogP contribution is -2.26. The molecule has 0 spiro atoms. The van der Waals surface area contributed by atoms with Crippen LogP contribution in [0.2, 0.25) is 0 Å². The van der Waals surface area contributed by atoms with E-state index in [-0.39, 0.29) is 18.9 Å². The average Bonchev–Trinajstić information content (AvgIpc) is 3.04. The summed E-state index contributed by atoms with van der Waals surface area (Å²) in [5, 5.41) is 3.85. The van der Waals surface area contributed by atoms with E-state index < -0.39 is 10.0 Å². The van der Waals surface area contributed by atoms with Crippen LogP contribution in [-0.2, 0) is 21.4 Å². The minimum Gasteiger partial charge on any atom is -0.310 e. The van der Waals surface area contributed by atoms with Crippen molar-refractivity contribution in [3.05, 3.63) is 65.6 Å². The molecule has 1 heterocycles. The summed E-state index contributed by atoms with van der Waals surface area (Å²) < 4.78 is 28.3. The van der Waals surface area contributed by atoms with Crippen molar-refractivity contribution < 1.29 is 13.2 Å². The second-order valence-corrected chi connectivity index (χ2v) is 7.77. The molecule has 0 saturated heterocycles. The second-order valence-electron chi connectivity index (χ2n) is 6.12. The molecule has 2 aromatic carbocycles. The van der Waals surface area contributed by atoms with E-state index in [1.165, 1.54) is 6.08 Å². The average molecular weight is 398 g/mol. The van der Waals surface area contributed by atoms with Gasteiger partial charge >= 0.3 is 0 Å². The summed E-state index contributed by atoms with van der Waals surface area (Å²) >= 11 is 0. The number of nitrogens with zero attached hydrogens (tertiary/aromatic N) is 2. The van der Waals surface area contributed by atoms with Crippen LogP contribution in [0.3, 0.4) is 0 Å². The van der Waals surface area contributed by atoms with Crippen molar-refractivity contribution in [2.45, 2.75) is 19.9 Å². The number of para-hydroxylation sites is 2. The zero-order valence-corrected chi connectivity index (χ0v) is 16.3. The van der Waals surface area contributed by atoms with Gasteiger partial charge in [-0.2, -0.15) is 0 Å². The standard InChI is InChI=1S/C20H22N4O3S/c1-2-24-18-11-7-6-10-17(18)22-20(24)23-19(25)12-14-21-28(26,27)15-13-16-8-4-3-5-9-16/h3-11,13,15,21H,2,12,14H2,1H3,(H,22,23,25)/b15-13+. The first-order chi connectivity index (χ1) is 13.5. The molecule has 1 amide bonds. The molecule has 3 aromatic rings. The van der Waals surface area contributed by atoms with Gasteiger partial charge in [-0.1, -0.05) is 42.5 Å². The van der Waals surface area contributed by atoms with E-state index in [4.69, 9.17) is 0 Å². The van der Waals surface area contributed by atoms with E-state index in [0.717, 1.165) is 22.0 Å². The Hall–Kier alpha value is -2.97. The van der Waals surface area contributed by atoms with E-state index in [1.807, 2.05) is 54.0 Å². The summed E-state index contributed by atoms with van der Waals surface area (Å²) in [4.78, 5) is 16.6. The van der Waals surface area contributed by atoms with Crippen molar-refractivity contribution in [1.82, 2.24) is 14.3 Å². The number of hydrogen-bond donors (Lipinski definition) is 2. The first-order valence-corrected chi connectivity index (χ1v) is 10.5. The van der Waals surface area contributed by atoms with Crippen molar-refractivity contribution in [3.8, 4) is 0 Å². The molecule has 7 nitrogen and oxygen atoms in total. The van der Waals surface area contributed by atoms with Gasteiger partial charge in [0.1, 0.15) is 0 Å². The molecule has 8 heteroatoms. The SMILES string of the molecule is CCn1c(NC(=O)CCNS(=O)(=O)/C=C/c2ccccc2)nc2ccccc21. The fourth-order valence-electron chi connectivity index (χ4n) is 2.77. The fourth-order valence-corrected chi connectivity index (χ4v) is 3.58. The molecule has 0 aliphatic rings. The van der Waals surface area contributed by atoms with E-state index in [1.54, 1.807) is 12.1 Å².